The molecule has 1 heterocycles. The van der Waals surface area contributed by atoms with Crippen molar-refractivity contribution in [1.82, 2.24) is 4.98 Å². The summed E-state index contributed by atoms with van der Waals surface area (Å²) in [6.07, 6.45) is 0. The lowest BCUT2D eigenvalue weighted by atomic mass is 10.2. The van der Waals surface area contributed by atoms with E-state index in [1.165, 1.54) is 0 Å². The summed E-state index contributed by atoms with van der Waals surface area (Å²) in [5.74, 6) is -0.939. The molecule has 0 saturated heterocycles. The Morgan fingerprint density at radius 3 is 3.08 bits per heavy atom. The van der Waals surface area contributed by atoms with E-state index in [0.717, 1.165) is 10.9 Å². The van der Waals surface area contributed by atoms with Crippen molar-refractivity contribution in [3.05, 3.63) is 36.0 Å². The van der Waals surface area contributed by atoms with Gasteiger partial charge in [0.2, 0.25) is 0 Å². The Labute approximate surface area is 68.6 Å². The van der Waals surface area contributed by atoms with Gasteiger partial charge in [-0.05, 0) is 24.3 Å². The summed E-state index contributed by atoms with van der Waals surface area (Å²) >= 11 is 0. The normalized spacial score (nSPS) is 10.3. The standard InChI is InChI=1S/C9H6NO2/c11-9(12)8-5-6-3-1-2-4-7(6)10-8/h2-5,10H,(H,11,12). The molecule has 3 nitrogen and oxygen atoms in total. The minimum Gasteiger partial charge on any atom is -0.477 e. The maximum absolute atomic E-state index is 10.5. The SMILES string of the molecule is O=C(O)c1cc2c[c]ccc2[nH]1. The van der Waals surface area contributed by atoms with Crippen molar-refractivity contribution in [3.63, 3.8) is 0 Å². The van der Waals surface area contributed by atoms with Gasteiger partial charge in [0.05, 0.1) is 0 Å². The van der Waals surface area contributed by atoms with E-state index >= 15 is 0 Å². The Bertz CT molecular complexity index is 398. The number of hydrogen-bond acceptors (Lipinski definition) is 1. The molecule has 2 aromatic rings. The molecule has 0 aliphatic heterocycles. The maximum Gasteiger partial charge on any atom is 0.352 e. The largest absolute Gasteiger partial charge is 0.477 e. The van der Waals surface area contributed by atoms with E-state index < -0.39 is 5.97 Å². The number of hydrogen-bond donors (Lipinski definition) is 2. The molecule has 3 heteroatoms. The van der Waals surface area contributed by atoms with Gasteiger partial charge in [-0.3, -0.25) is 0 Å². The first kappa shape index (κ1) is 6.91. The Hall–Kier alpha value is -1.77. The molecule has 0 amide bonds. The first-order chi connectivity index (χ1) is 5.77. The summed E-state index contributed by atoms with van der Waals surface area (Å²) in [6, 6.07) is 9.75. The number of carboxylic acid groups (broad SMARTS) is 1. The Kier molecular flexibility index (Phi) is 1.37. The Balaban J connectivity index is 2.70. The molecular formula is C9H6NO2. The average molecular weight is 160 g/mol. The lowest BCUT2D eigenvalue weighted by Gasteiger charge is -1.84. The van der Waals surface area contributed by atoms with Gasteiger partial charge in [-0.1, -0.05) is 6.07 Å². The highest BCUT2D eigenvalue weighted by molar-refractivity contribution is 5.93. The van der Waals surface area contributed by atoms with Crippen molar-refractivity contribution in [2.45, 2.75) is 0 Å². The minimum atomic E-state index is -0.939. The number of aromatic amines is 1. The molecule has 2 rings (SSSR count). The molecule has 12 heavy (non-hydrogen) atoms. The smallest absolute Gasteiger partial charge is 0.352 e. The Morgan fingerprint density at radius 2 is 2.42 bits per heavy atom. The number of fused-ring (bicyclic) bond motifs is 1. The molecular weight excluding hydrogens is 154 g/mol. The van der Waals surface area contributed by atoms with Crippen LogP contribution in [-0.2, 0) is 0 Å². The van der Waals surface area contributed by atoms with Crippen LogP contribution in [0.2, 0.25) is 0 Å². The van der Waals surface area contributed by atoms with Crippen LogP contribution in [0.1, 0.15) is 10.5 Å². The molecule has 0 atom stereocenters. The molecule has 2 N–H and O–H groups in total. The number of carboxylic acids is 1. The van der Waals surface area contributed by atoms with Crippen molar-refractivity contribution in [2.24, 2.45) is 0 Å². The van der Waals surface area contributed by atoms with Crippen LogP contribution < -0.4 is 0 Å². The highest BCUT2D eigenvalue weighted by atomic mass is 16.4. The summed E-state index contributed by atoms with van der Waals surface area (Å²) in [5.41, 5.74) is 1.04. The maximum atomic E-state index is 10.5. The molecule has 0 fully saturated rings. The number of aromatic nitrogens is 1. The van der Waals surface area contributed by atoms with Gasteiger partial charge in [0.15, 0.2) is 0 Å². The van der Waals surface area contributed by atoms with E-state index in [4.69, 9.17) is 5.11 Å². The summed E-state index contributed by atoms with van der Waals surface area (Å²) in [7, 11) is 0. The lowest BCUT2D eigenvalue weighted by molar-refractivity contribution is 0.0691. The number of H-pyrrole nitrogens is 1. The molecule has 59 valence electrons. The molecule has 0 aliphatic rings. The van der Waals surface area contributed by atoms with Crippen LogP contribution >= 0.6 is 0 Å². The van der Waals surface area contributed by atoms with Crippen LogP contribution in [0.3, 0.4) is 0 Å². The minimum absolute atomic E-state index is 0.213. The molecule has 1 aromatic heterocycles. The quantitative estimate of drug-likeness (QED) is 0.666. The van der Waals surface area contributed by atoms with Gasteiger partial charge in [0.1, 0.15) is 5.69 Å². The van der Waals surface area contributed by atoms with E-state index in [-0.39, 0.29) is 5.69 Å². The van der Waals surface area contributed by atoms with Crippen molar-refractivity contribution in [1.29, 1.82) is 0 Å². The first-order valence-electron chi connectivity index (χ1n) is 3.49. The number of aromatic carboxylic acids is 1. The second-order valence-corrected chi connectivity index (χ2v) is 2.50. The fourth-order valence-electron chi connectivity index (χ4n) is 1.13. The second-order valence-electron chi connectivity index (χ2n) is 2.50. The fourth-order valence-corrected chi connectivity index (χ4v) is 1.13. The van der Waals surface area contributed by atoms with Crippen molar-refractivity contribution >= 4 is 16.9 Å². The van der Waals surface area contributed by atoms with Crippen LogP contribution in [-0.4, -0.2) is 16.1 Å². The first-order valence-corrected chi connectivity index (χ1v) is 3.49. The lowest BCUT2D eigenvalue weighted by Crippen LogP contribution is -1.94. The predicted molar refractivity (Wildman–Crippen MR) is 44.1 cm³/mol. The van der Waals surface area contributed by atoms with Gasteiger partial charge in [0, 0.05) is 10.9 Å². The molecule has 0 aliphatic carbocycles. The third-order valence-electron chi connectivity index (χ3n) is 1.70. The monoisotopic (exact) mass is 160 g/mol. The van der Waals surface area contributed by atoms with Crippen LogP contribution in [0.5, 0.6) is 0 Å². The van der Waals surface area contributed by atoms with Crippen molar-refractivity contribution in [3.8, 4) is 0 Å². The number of benzene rings is 1. The fraction of sp³-hybridized carbons (Fsp3) is 0. The highest BCUT2D eigenvalue weighted by Gasteiger charge is 2.05. The average Bonchev–Trinajstić information content (AvgIpc) is 2.46. The Morgan fingerprint density at radius 1 is 1.58 bits per heavy atom. The van der Waals surface area contributed by atoms with Gasteiger partial charge in [-0.2, -0.15) is 0 Å². The van der Waals surface area contributed by atoms with Crippen molar-refractivity contribution in [2.75, 3.05) is 0 Å². The zero-order valence-corrected chi connectivity index (χ0v) is 6.16. The van der Waals surface area contributed by atoms with Crippen LogP contribution in [0, 0.1) is 6.07 Å². The molecule has 0 unspecified atom stereocenters. The van der Waals surface area contributed by atoms with Crippen LogP contribution in [0.15, 0.2) is 24.3 Å². The number of nitrogens with one attached hydrogen (secondary N) is 1. The number of carbonyl (C=O) groups is 1. The van der Waals surface area contributed by atoms with E-state index in [0.29, 0.717) is 0 Å². The highest BCUT2D eigenvalue weighted by Crippen LogP contribution is 2.13. The molecule has 0 saturated carbocycles. The van der Waals surface area contributed by atoms with Gasteiger partial charge in [0.25, 0.3) is 0 Å². The van der Waals surface area contributed by atoms with E-state index in [2.05, 4.69) is 11.1 Å². The van der Waals surface area contributed by atoms with Gasteiger partial charge >= 0.3 is 5.97 Å². The molecule has 0 spiro atoms. The second kappa shape index (κ2) is 2.37. The third-order valence-corrected chi connectivity index (χ3v) is 1.70. The van der Waals surface area contributed by atoms with E-state index in [9.17, 15) is 4.79 Å². The van der Waals surface area contributed by atoms with Crippen LogP contribution in [0.25, 0.3) is 10.9 Å². The zero-order chi connectivity index (χ0) is 8.55. The zero-order valence-electron chi connectivity index (χ0n) is 6.16. The topological polar surface area (TPSA) is 53.1 Å². The molecule has 1 radical (unpaired) electrons. The van der Waals surface area contributed by atoms with E-state index in [1.54, 1.807) is 24.3 Å². The van der Waals surface area contributed by atoms with Crippen LogP contribution in [0.4, 0.5) is 0 Å². The summed E-state index contributed by atoms with van der Waals surface area (Å²) in [6.45, 7) is 0. The van der Waals surface area contributed by atoms with Crippen molar-refractivity contribution < 1.29 is 9.90 Å². The molecule has 1 aromatic carbocycles. The van der Waals surface area contributed by atoms with Gasteiger partial charge in [-0.25, -0.2) is 4.79 Å². The third kappa shape index (κ3) is 0.955. The van der Waals surface area contributed by atoms with E-state index in [1.807, 2.05) is 0 Å². The predicted octanol–water partition coefficient (Wildman–Crippen LogP) is 1.67. The van der Waals surface area contributed by atoms with Gasteiger partial charge in [-0.15, -0.1) is 0 Å². The van der Waals surface area contributed by atoms with Gasteiger partial charge < -0.3 is 10.1 Å². The summed E-state index contributed by atoms with van der Waals surface area (Å²) in [5, 5.41) is 9.51. The molecule has 0 bridgehead atoms. The number of rotatable bonds is 1. The summed E-state index contributed by atoms with van der Waals surface area (Å²) in [4.78, 5) is 13.3. The summed E-state index contributed by atoms with van der Waals surface area (Å²) < 4.78 is 0.